The van der Waals surface area contributed by atoms with Crippen LogP contribution in [0.4, 0.5) is 0 Å². The van der Waals surface area contributed by atoms with Crippen molar-refractivity contribution in [3.05, 3.63) is 59.2 Å². The summed E-state index contributed by atoms with van der Waals surface area (Å²) in [5.74, 6) is 1.38. The Morgan fingerprint density at radius 2 is 1.79 bits per heavy atom. The van der Waals surface area contributed by atoms with E-state index >= 15 is 0 Å². The van der Waals surface area contributed by atoms with Gasteiger partial charge >= 0.3 is 0 Å². The third-order valence-corrected chi connectivity index (χ3v) is 5.36. The van der Waals surface area contributed by atoms with E-state index in [4.69, 9.17) is 9.47 Å². The summed E-state index contributed by atoms with van der Waals surface area (Å²) in [4.78, 5) is 16.9. The number of amides is 1. The Bertz CT molecular complexity index is 838. The van der Waals surface area contributed by atoms with Crippen LogP contribution in [-0.4, -0.2) is 54.2 Å². The molecule has 0 radical (unpaired) electrons. The van der Waals surface area contributed by atoms with Gasteiger partial charge in [-0.05, 0) is 31.5 Å². The lowest BCUT2D eigenvalue weighted by Crippen LogP contribution is -2.45. The molecule has 2 aromatic rings. The average Bonchev–Trinajstić information content (AvgIpc) is 2.71. The first-order valence-electron chi connectivity index (χ1n) is 9.92. The summed E-state index contributed by atoms with van der Waals surface area (Å²) in [6, 6.07) is 13.7. The molecule has 1 atom stereocenters. The first-order valence-corrected chi connectivity index (χ1v) is 9.92. The molecule has 0 fully saturated rings. The number of rotatable bonds is 7. The summed E-state index contributed by atoms with van der Waals surface area (Å²) in [7, 11) is 3.20. The molecular weight excluding hydrogens is 368 g/mol. The van der Waals surface area contributed by atoms with Crippen LogP contribution in [0.25, 0.3) is 0 Å². The van der Waals surface area contributed by atoms with Crippen LogP contribution >= 0.6 is 0 Å². The third kappa shape index (κ3) is 4.71. The van der Waals surface area contributed by atoms with Crippen molar-refractivity contribution in [2.45, 2.75) is 39.1 Å². The Balaban J connectivity index is 1.77. The lowest BCUT2D eigenvalue weighted by atomic mass is 9.95. The number of methoxy groups -OCH3 is 2. The standard InChI is InChI=1S/C23H30N2O4/c1-16(2)25(12-17-8-6-5-7-9-17)22(27)15-24-13-18-20(28-3)10-11-21(29-4)23(18)19(26)14-24/h5-11,16,19,26H,12-15H2,1-4H3. The normalized spacial score (nSPS) is 16.4. The molecule has 0 saturated carbocycles. The Labute approximate surface area is 172 Å². The molecule has 29 heavy (non-hydrogen) atoms. The SMILES string of the molecule is COc1ccc(OC)c2c1CN(CC(=O)N(Cc1ccccc1)C(C)C)CC2O. The lowest BCUT2D eigenvalue weighted by Gasteiger charge is -2.35. The molecule has 0 bridgehead atoms. The van der Waals surface area contributed by atoms with Gasteiger partial charge in [-0.2, -0.15) is 0 Å². The first kappa shape index (κ1) is 21.1. The molecular formula is C23H30N2O4. The monoisotopic (exact) mass is 398 g/mol. The largest absolute Gasteiger partial charge is 0.496 e. The highest BCUT2D eigenvalue weighted by Crippen LogP contribution is 2.39. The molecule has 2 aromatic carbocycles. The van der Waals surface area contributed by atoms with Crippen LogP contribution in [0.5, 0.6) is 11.5 Å². The van der Waals surface area contributed by atoms with E-state index < -0.39 is 6.10 Å². The maximum atomic E-state index is 13.1. The van der Waals surface area contributed by atoms with Crippen LogP contribution in [0, 0.1) is 0 Å². The first-order chi connectivity index (χ1) is 13.9. The second-order valence-corrected chi connectivity index (χ2v) is 7.65. The van der Waals surface area contributed by atoms with E-state index in [0.717, 1.165) is 16.7 Å². The number of aliphatic hydroxyl groups excluding tert-OH is 1. The molecule has 1 aliphatic heterocycles. The molecule has 0 spiro atoms. The van der Waals surface area contributed by atoms with E-state index in [0.29, 0.717) is 31.1 Å². The van der Waals surface area contributed by atoms with Gasteiger partial charge in [0, 0.05) is 36.8 Å². The molecule has 1 unspecified atom stereocenters. The van der Waals surface area contributed by atoms with Gasteiger partial charge in [0.1, 0.15) is 11.5 Å². The number of hydrogen-bond donors (Lipinski definition) is 1. The summed E-state index contributed by atoms with van der Waals surface area (Å²) in [5.41, 5.74) is 2.73. The zero-order valence-corrected chi connectivity index (χ0v) is 17.6. The average molecular weight is 399 g/mol. The maximum Gasteiger partial charge on any atom is 0.237 e. The zero-order chi connectivity index (χ0) is 21.0. The fraction of sp³-hybridized carbons (Fsp3) is 0.435. The summed E-state index contributed by atoms with van der Waals surface area (Å²) >= 11 is 0. The number of hydrogen-bond acceptors (Lipinski definition) is 5. The van der Waals surface area contributed by atoms with E-state index in [1.54, 1.807) is 14.2 Å². The molecule has 3 rings (SSSR count). The highest BCUT2D eigenvalue weighted by Gasteiger charge is 2.31. The van der Waals surface area contributed by atoms with Gasteiger partial charge in [-0.25, -0.2) is 0 Å². The number of ether oxygens (including phenoxy) is 2. The highest BCUT2D eigenvalue weighted by atomic mass is 16.5. The van der Waals surface area contributed by atoms with Crippen molar-refractivity contribution in [3.8, 4) is 11.5 Å². The smallest absolute Gasteiger partial charge is 0.237 e. The van der Waals surface area contributed by atoms with Crippen molar-refractivity contribution < 1.29 is 19.4 Å². The molecule has 1 amide bonds. The lowest BCUT2D eigenvalue weighted by molar-refractivity contribution is -0.135. The number of nitrogens with zero attached hydrogens (tertiary/aromatic N) is 2. The summed E-state index contributed by atoms with van der Waals surface area (Å²) < 4.78 is 10.9. The van der Waals surface area contributed by atoms with E-state index in [-0.39, 0.29) is 18.5 Å². The predicted octanol–water partition coefficient (Wildman–Crippen LogP) is 2.99. The van der Waals surface area contributed by atoms with Crippen LogP contribution in [-0.2, 0) is 17.9 Å². The van der Waals surface area contributed by atoms with E-state index in [1.165, 1.54) is 0 Å². The topological polar surface area (TPSA) is 62.2 Å². The van der Waals surface area contributed by atoms with Crippen LogP contribution < -0.4 is 9.47 Å². The Hall–Kier alpha value is -2.57. The van der Waals surface area contributed by atoms with Crippen molar-refractivity contribution >= 4 is 5.91 Å². The number of fused-ring (bicyclic) bond motifs is 1. The Kier molecular flexibility index (Phi) is 6.77. The van der Waals surface area contributed by atoms with Crippen LogP contribution in [0.1, 0.15) is 36.6 Å². The van der Waals surface area contributed by atoms with Crippen molar-refractivity contribution in [1.82, 2.24) is 9.80 Å². The van der Waals surface area contributed by atoms with Gasteiger partial charge in [-0.15, -0.1) is 0 Å². The van der Waals surface area contributed by atoms with Crippen LogP contribution in [0.15, 0.2) is 42.5 Å². The molecule has 1 N–H and O–H groups in total. The quantitative estimate of drug-likeness (QED) is 0.777. The van der Waals surface area contributed by atoms with Gasteiger partial charge in [0.2, 0.25) is 5.91 Å². The second kappa shape index (κ2) is 9.29. The number of carbonyl (C=O) groups excluding carboxylic acids is 1. The van der Waals surface area contributed by atoms with E-state index in [2.05, 4.69) is 0 Å². The number of benzene rings is 2. The van der Waals surface area contributed by atoms with E-state index in [9.17, 15) is 9.90 Å². The second-order valence-electron chi connectivity index (χ2n) is 7.65. The van der Waals surface area contributed by atoms with Gasteiger partial charge < -0.3 is 19.5 Å². The molecule has 1 heterocycles. The Morgan fingerprint density at radius 3 is 2.41 bits per heavy atom. The van der Waals surface area contributed by atoms with Gasteiger partial charge in [0.15, 0.2) is 0 Å². The van der Waals surface area contributed by atoms with E-state index in [1.807, 2.05) is 66.1 Å². The van der Waals surface area contributed by atoms with Crippen LogP contribution in [0.3, 0.4) is 0 Å². The third-order valence-electron chi connectivity index (χ3n) is 5.36. The van der Waals surface area contributed by atoms with Crippen LogP contribution in [0.2, 0.25) is 0 Å². The summed E-state index contributed by atoms with van der Waals surface area (Å²) in [5, 5.41) is 10.8. The van der Waals surface area contributed by atoms with Crippen molar-refractivity contribution in [3.63, 3.8) is 0 Å². The number of carbonyl (C=O) groups is 1. The van der Waals surface area contributed by atoms with Crippen molar-refractivity contribution in [2.24, 2.45) is 0 Å². The summed E-state index contributed by atoms with van der Waals surface area (Å²) in [6.45, 7) is 5.75. The van der Waals surface area contributed by atoms with Crippen molar-refractivity contribution in [2.75, 3.05) is 27.3 Å². The molecule has 1 aliphatic rings. The Morgan fingerprint density at radius 1 is 1.14 bits per heavy atom. The van der Waals surface area contributed by atoms with Gasteiger partial charge in [-0.3, -0.25) is 9.69 Å². The number of aliphatic hydroxyl groups is 1. The highest BCUT2D eigenvalue weighted by molar-refractivity contribution is 5.78. The zero-order valence-electron chi connectivity index (χ0n) is 17.6. The van der Waals surface area contributed by atoms with Gasteiger partial charge in [0.25, 0.3) is 0 Å². The fourth-order valence-electron chi connectivity index (χ4n) is 3.89. The minimum Gasteiger partial charge on any atom is -0.496 e. The number of β-amino-alcohol motifs (C(OH)–C–C–N with tert-alkyl or cyclic N) is 1. The fourth-order valence-corrected chi connectivity index (χ4v) is 3.89. The minimum absolute atomic E-state index is 0.0429. The van der Waals surface area contributed by atoms with Gasteiger partial charge in [0.05, 0.1) is 26.9 Å². The predicted molar refractivity (Wildman–Crippen MR) is 112 cm³/mol. The molecule has 0 aliphatic carbocycles. The van der Waals surface area contributed by atoms with Gasteiger partial charge in [-0.1, -0.05) is 30.3 Å². The molecule has 0 saturated heterocycles. The molecule has 0 aromatic heterocycles. The van der Waals surface area contributed by atoms with Crippen molar-refractivity contribution in [1.29, 1.82) is 0 Å². The minimum atomic E-state index is -0.738. The molecule has 156 valence electrons. The summed E-state index contributed by atoms with van der Waals surface area (Å²) in [6.07, 6.45) is -0.738. The molecule has 6 nitrogen and oxygen atoms in total. The molecule has 6 heteroatoms. The maximum absolute atomic E-state index is 13.1.